The summed E-state index contributed by atoms with van der Waals surface area (Å²) in [5, 5.41) is 17.7. The molecule has 6 heteroatoms. The molecule has 0 amide bonds. The van der Waals surface area contributed by atoms with Gasteiger partial charge in [0.15, 0.2) is 0 Å². The van der Waals surface area contributed by atoms with E-state index in [1.165, 1.54) is 4.63 Å². The molecule has 1 N–H and O–H groups in total. The number of benzene rings is 1. The summed E-state index contributed by atoms with van der Waals surface area (Å²) in [6.07, 6.45) is 1.56. The van der Waals surface area contributed by atoms with Crippen LogP contribution in [0, 0.1) is 0 Å². The Balaban J connectivity index is 2.23. The summed E-state index contributed by atoms with van der Waals surface area (Å²) < 4.78 is 6.41. The number of carbonyl (C=O) groups is 1. The summed E-state index contributed by atoms with van der Waals surface area (Å²) in [7, 11) is 1.58. The molecular weight excluding hydrogens is 258 g/mol. The maximum atomic E-state index is 11.5. The van der Waals surface area contributed by atoms with Crippen LogP contribution in [0.3, 0.4) is 0 Å². The predicted octanol–water partition coefficient (Wildman–Crippen LogP) is 2.10. The van der Waals surface area contributed by atoms with Crippen molar-refractivity contribution in [3.63, 3.8) is 0 Å². The van der Waals surface area contributed by atoms with Crippen molar-refractivity contribution in [1.82, 2.24) is 14.8 Å². The zero-order chi connectivity index (χ0) is 14.1. The van der Waals surface area contributed by atoms with Crippen LogP contribution in [0.4, 0.5) is 0 Å². The lowest BCUT2D eigenvalue weighted by molar-refractivity contribution is 0.0700. The minimum absolute atomic E-state index is 0.142. The number of nitrogens with zero attached hydrogens (tertiary/aromatic N) is 3. The summed E-state index contributed by atoms with van der Waals surface area (Å²) >= 11 is 0. The molecule has 0 radical (unpaired) electrons. The zero-order valence-corrected chi connectivity index (χ0v) is 10.6. The number of carboxylic acid groups (broad SMARTS) is 1. The van der Waals surface area contributed by atoms with E-state index in [-0.39, 0.29) is 5.56 Å². The smallest absolute Gasteiger partial charge is 0.340 e. The van der Waals surface area contributed by atoms with Gasteiger partial charge in [0.25, 0.3) is 0 Å². The quantitative estimate of drug-likeness (QED) is 0.788. The molecule has 3 aromatic rings. The molecule has 0 aliphatic heterocycles. The second-order valence-corrected chi connectivity index (χ2v) is 4.16. The fourth-order valence-electron chi connectivity index (χ4n) is 2.06. The molecule has 20 heavy (non-hydrogen) atoms. The van der Waals surface area contributed by atoms with E-state index in [4.69, 9.17) is 4.74 Å². The molecule has 2 heterocycles. The van der Waals surface area contributed by atoms with Gasteiger partial charge in [-0.2, -0.15) is 9.73 Å². The Morgan fingerprint density at radius 2 is 2.00 bits per heavy atom. The van der Waals surface area contributed by atoms with E-state index in [1.54, 1.807) is 49.7 Å². The number of rotatable bonds is 3. The first-order valence-corrected chi connectivity index (χ1v) is 5.92. The van der Waals surface area contributed by atoms with Crippen LogP contribution in [0.5, 0.6) is 5.75 Å². The summed E-state index contributed by atoms with van der Waals surface area (Å²) in [5.74, 6) is -0.327. The number of methoxy groups -OCH3 is 1. The van der Waals surface area contributed by atoms with E-state index < -0.39 is 5.97 Å². The number of hydrogen-bond donors (Lipinski definition) is 1. The average molecular weight is 269 g/mol. The van der Waals surface area contributed by atoms with Crippen LogP contribution in [0.25, 0.3) is 16.8 Å². The largest absolute Gasteiger partial charge is 0.497 e. The fraction of sp³-hybridized carbons (Fsp3) is 0.0714. The van der Waals surface area contributed by atoms with E-state index in [9.17, 15) is 9.90 Å². The number of carboxylic acids is 1. The molecule has 0 fully saturated rings. The van der Waals surface area contributed by atoms with Gasteiger partial charge in [-0.3, -0.25) is 0 Å². The van der Waals surface area contributed by atoms with Crippen molar-refractivity contribution < 1.29 is 14.6 Å². The Bertz CT molecular complexity index is 778. The highest BCUT2D eigenvalue weighted by atomic mass is 16.5. The molecule has 0 bridgehead atoms. The first-order chi connectivity index (χ1) is 9.70. The number of fused-ring (bicyclic) bond motifs is 1. The van der Waals surface area contributed by atoms with Gasteiger partial charge in [0, 0.05) is 11.8 Å². The van der Waals surface area contributed by atoms with Crippen LogP contribution in [0.1, 0.15) is 10.4 Å². The third-order valence-corrected chi connectivity index (χ3v) is 3.00. The van der Waals surface area contributed by atoms with Crippen LogP contribution in [-0.2, 0) is 0 Å². The van der Waals surface area contributed by atoms with E-state index in [0.717, 1.165) is 0 Å². The lowest BCUT2D eigenvalue weighted by Gasteiger charge is -2.01. The maximum Gasteiger partial charge on any atom is 0.340 e. The van der Waals surface area contributed by atoms with E-state index in [2.05, 4.69) is 10.2 Å². The van der Waals surface area contributed by atoms with Crippen molar-refractivity contribution in [2.75, 3.05) is 7.11 Å². The van der Waals surface area contributed by atoms with Crippen LogP contribution in [-0.4, -0.2) is 33.0 Å². The minimum atomic E-state index is -1.03. The van der Waals surface area contributed by atoms with Crippen LogP contribution >= 0.6 is 0 Å². The zero-order valence-electron chi connectivity index (χ0n) is 10.6. The Hall–Kier alpha value is -2.89. The lowest BCUT2D eigenvalue weighted by Crippen LogP contribution is -1.98. The van der Waals surface area contributed by atoms with Gasteiger partial charge >= 0.3 is 5.97 Å². The van der Waals surface area contributed by atoms with Crippen molar-refractivity contribution in [2.24, 2.45) is 0 Å². The molecule has 0 aliphatic rings. The van der Waals surface area contributed by atoms with Crippen LogP contribution < -0.4 is 4.74 Å². The Morgan fingerprint density at radius 3 is 2.65 bits per heavy atom. The number of ether oxygens (including phenoxy) is 1. The monoisotopic (exact) mass is 269 g/mol. The van der Waals surface area contributed by atoms with Gasteiger partial charge in [0.2, 0.25) is 0 Å². The van der Waals surface area contributed by atoms with Crippen LogP contribution in [0.2, 0.25) is 0 Å². The molecule has 6 nitrogen and oxygen atoms in total. The average Bonchev–Trinajstić information content (AvgIpc) is 2.86. The first kappa shape index (κ1) is 12.2. The van der Waals surface area contributed by atoms with Crippen molar-refractivity contribution in [3.8, 4) is 17.0 Å². The number of hydrogen-bond acceptors (Lipinski definition) is 4. The molecular formula is C14H11N3O3. The molecule has 0 spiro atoms. The molecule has 100 valence electrons. The molecule has 0 aliphatic carbocycles. The van der Waals surface area contributed by atoms with Crippen molar-refractivity contribution >= 4 is 11.5 Å². The third kappa shape index (κ3) is 1.87. The van der Waals surface area contributed by atoms with Gasteiger partial charge in [-0.25, -0.2) is 4.79 Å². The van der Waals surface area contributed by atoms with Gasteiger partial charge in [-0.15, -0.1) is 5.10 Å². The lowest BCUT2D eigenvalue weighted by atomic mass is 10.1. The number of aromatic carboxylic acids is 1. The highest BCUT2D eigenvalue weighted by Gasteiger charge is 2.20. The highest BCUT2D eigenvalue weighted by Crippen LogP contribution is 2.27. The Labute approximate surface area is 114 Å². The van der Waals surface area contributed by atoms with Crippen molar-refractivity contribution in [1.29, 1.82) is 0 Å². The molecule has 0 atom stereocenters. The second-order valence-electron chi connectivity index (χ2n) is 4.16. The Morgan fingerprint density at radius 1 is 1.25 bits per heavy atom. The Kier molecular flexibility index (Phi) is 2.83. The predicted molar refractivity (Wildman–Crippen MR) is 71.9 cm³/mol. The fourth-order valence-corrected chi connectivity index (χ4v) is 2.06. The van der Waals surface area contributed by atoms with E-state index >= 15 is 0 Å². The number of aromatic nitrogens is 3. The molecule has 1 aromatic carbocycles. The van der Waals surface area contributed by atoms with Gasteiger partial charge in [0.05, 0.1) is 7.11 Å². The van der Waals surface area contributed by atoms with Crippen molar-refractivity contribution in [2.45, 2.75) is 0 Å². The molecule has 2 aromatic heterocycles. The van der Waals surface area contributed by atoms with Crippen molar-refractivity contribution in [3.05, 3.63) is 48.2 Å². The third-order valence-electron chi connectivity index (χ3n) is 3.00. The topological polar surface area (TPSA) is 76.7 Å². The minimum Gasteiger partial charge on any atom is -0.497 e. The summed E-state index contributed by atoms with van der Waals surface area (Å²) in [4.78, 5) is 11.5. The molecule has 0 saturated heterocycles. The normalized spacial score (nSPS) is 10.7. The molecule has 3 rings (SSSR count). The maximum absolute atomic E-state index is 11.5. The molecule has 0 unspecified atom stereocenters. The van der Waals surface area contributed by atoms with Gasteiger partial charge in [-0.05, 0) is 36.4 Å². The second kappa shape index (κ2) is 4.65. The van der Waals surface area contributed by atoms with E-state index in [0.29, 0.717) is 22.5 Å². The molecule has 0 saturated carbocycles. The SMILES string of the molecule is COc1ccc(-c2nn3ncccc3c2C(=O)O)cc1. The summed E-state index contributed by atoms with van der Waals surface area (Å²) in [6, 6.07) is 10.4. The standard InChI is InChI=1S/C14H11N3O3/c1-20-10-6-4-9(5-7-10)13-12(14(18)19)11-3-2-8-15-17(11)16-13/h2-8H,1H3,(H,18,19). The van der Waals surface area contributed by atoms with E-state index in [1.807, 2.05) is 0 Å². The van der Waals surface area contributed by atoms with Crippen LogP contribution in [0.15, 0.2) is 42.6 Å². The summed E-state index contributed by atoms with van der Waals surface area (Å²) in [5.41, 5.74) is 1.70. The van der Waals surface area contributed by atoms with Gasteiger partial charge in [-0.1, -0.05) is 0 Å². The van der Waals surface area contributed by atoms with Gasteiger partial charge < -0.3 is 9.84 Å². The van der Waals surface area contributed by atoms with Gasteiger partial charge in [0.1, 0.15) is 22.5 Å². The highest BCUT2D eigenvalue weighted by molar-refractivity contribution is 6.02. The summed E-state index contributed by atoms with van der Waals surface area (Å²) in [6.45, 7) is 0. The first-order valence-electron chi connectivity index (χ1n) is 5.92.